The maximum atomic E-state index is 13.8. The molecule has 1 saturated heterocycles. The van der Waals surface area contributed by atoms with Crippen molar-refractivity contribution >= 4 is 17.3 Å². The van der Waals surface area contributed by atoms with Crippen LogP contribution in [0.3, 0.4) is 0 Å². The normalized spacial score (nSPS) is 25.4. The number of benzene rings is 1. The Kier molecular flexibility index (Phi) is 3.90. The lowest BCUT2D eigenvalue weighted by Crippen LogP contribution is -2.21. The highest BCUT2D eigenvalue weighted by Gasteiger charge is 2.33. The molecule has 1 aromatic carbocycles. The molecule has 2 aliphatic heterocycles. The van der Waals surface area contributed by atoms with Gasteiger partial charge in [-0.15, -0.1) is 13.2 Å². The molecular weight excluding hydrogens is 304 g/mol. The lowest BCUT2D eigenvalue weighted by atomic mass is 9.93. The third kappa shape index (κ3) is 3.54. The highest BCUT2D eigenvalue weighted by atomic mass is 32.2. The van der Waals surface area contributed by atoms with Gasteiger partial charge in [0.15, 0.2) is 11.6 Å². The minimum Gasteiger partial charge on any atom is -0.403 e. The van der Waals surface area contributed by atoms with Gasteiger partial charge >= 0.3 is 6.36 Å². The summed E-state index contributed by atoms with van der Waals surface area (Å²) >= 11 is 1.94. The summed E-state index contributed by atoms with van der Waals surface area (Å²) in [7, 11) is 0. The van der Waals surface area contributed by atoms with E-state index >= 15 is 0 Å². The Morgan fingerprint density at radius 3 is 2.67 bits per heavy atom. The summed E-state index contributed by atoms with van der Waals surface area (Å²) in [6.45, 7) is 0. The first-order valence-electron chi connectivity index (χ1n) is 6.82. The van der Waals surface area contributed by atoms with Gasteiger partial charge in [0.05, 0.1) is 0 Å². The Morgan fingerprint density at radius 1 is 1.19 bits per heavy atom. The number of thioether (sulfide) groups is 1. The van der Waals surface area contributed by atoms with E-state index in [1.54, 1.807) is 0 Å². The third-order valence-electron chi connectivity index (χ3n) is 3.75. The molecule has 0 saturated carbocycles. The summed E-state index contributed by atoms with van der Waals surface area (Å²) in [6, 6.07) is 3.69. The average molecular weight is 318 g/mol. The van der Waals surface area contributed by atoms with Gasteiger partial charge in [0.25, 0.3) is 0 Å². The van der Waals surface area contributed by atoms with Crippen molar-refractivity contribution in [3.05, 3.63) is 35.7 Å². The first-order valence-corrected chi connectivity index (χ1v) is 7.77. The van der Waals surface area contributed by atoms with Crippen LogP contribution in [0.25, 0.3) is 5.57 Å². The summed E-state index contributed by atoms with van der Waals surface area (Å²) in [5.74, 6) is -1.76. The monoisotopic (exact) mass is 318 g/mol. The fourth-order valence-electron chi connectivity index (χ4n) is 2.86. The summed E-state index contributed by atoms with van der Waals surface area (Å²) in [4.78, 5) is 0. The molecule has 2 bridgehead atoms. The van der Waals surface area contributed by atoms with Gasteiger partial charge in [0.2, 0.25) is 0 Å². The number of alkyl halides is 3. The second-order valence-electron chi connectivity index (χ2n) is 5.32. The number of fused-ring (bicyclic) bond motifs is 2. The van der Waals surface area contributed by atoms with E-state index in [-0.39, 0.29) is 0 Å². The summed E-state index contributed by atoms with van der Waals surface area (Å²) < 4.78 is 53.8. The summed E-state index contributed by atoms with van der Waals surface area (Å²) in [6.07, 6.45) is 1.57. The SMILES string of the molecule is Fc1cc(C2=CC3CCCC(C2)S3)ccc1OC(F)(F)F. The van der Waals surface area contributed by atoms with Crippen LogP contribution in [0.15, 0.2) is 24.3 Å². The smallest absolute Gasteiger partial charge is 0.403 e. The van der Waals surface area contributed by atoms with Gasteiger partial charge in [-0.1, -0.05) is 18.6 Å². The fraction of sp³-hybridized carbons (Fsp3) is 0.467. The van der Waals surface area contributed by atoms with Gasteiger partial charge in [-0.2, -0.15) is 11.8 Å². The van der Waals surface area contributed by atoms with Crippen LogP contribution >= 0.6 is 11.8 Å². The molecule has 21 heavy (non-hydrogen) atoms. The molecule has 3 rings (SSSR count). The van der Waals surface area contributed by atoms with Crippen LogP contribution in [0.5, 0.6) is 5.75 Å². The topological polar surface area (TPSA) is 9.23 Å². The average Bonchev–Trinajstić information content (AvgIpc) is 2.39. The molecule has 0 aliphatic carbocycles. The largest absolute Gasteiger partial charge is 0.573 e. The zero-order valence-corrected chi connectivity index (χ0v) is 11.9. The molecule has 2 unspecified atom stereocenters. The lowest BCUT2D eigenvalue weighted by molar-refractivity contribution is -0.275. The molecular formula is C15H14F4OS. The van der Waals surface area contributed by atoms with E-state index in [9.17, 15) is 17.6 Å². The third-order valence-corrected chi connectivity index (χ3v) is 5.25. The molecule has 114 valence electrons. The lowest BCUT2D eigenvalue weighted by Gasteiger charge is -2.33. The first-order chi connectivity index (χ1) is 9.90. The van der Waals surface area contributed by atoms with Crippen LogP contribution in [-0.2, 0) is 0 Å². The molecule has 1 aromatic rings. The molecule has 6 heteroatoms. The summed E-state index contributed by atoms with van der Waals surface area (Å²) in [5, 5.41) is 0.986. The minimum absolute atomic E-state index is 0.446. The zero-order chi connectivity index (χ0) is 15.0. The van der Waals surface area contributed by atoms with Crippen LogP contribution in [-0.4, -0.2) is 16.9 Å². The molecule has 0 radical (unpaired) electrons. The van der Waals surface area contributed by atoms with Crippen LogP contribution in [0.2, 0.25) is 0 Å². The Bertz CT molecular complexity index is 567. The highest BCUT2D eigenvalue weighted by molar-refractivity contribution is 8.00. The number of hydrogen-bond acceptors (Lipinski definition) is 2. The van der Waals surface area contributed by atoms with E-state index in [1.165, 1.54) is 12.5 Å². The van der Waals surface area contributed by atoms with Gasteiger partial charge in [0, 0.05) is 10.5 Å². The fourth-order valence-corrected chi connectivity index (χ4v) is 4.48. The van der Waals surface area contributed by atoms with E-state index < -0.39 is 17.9 Å². The van der Waals surface area contributed by atoms with E-state index in [2.05, 4.69) is 10.8 Å². The van der Waals surface area contributed by atoms with Crippen LogP contribution in [0.4, 0.5) is 17.6 Å². The number of halogens is 4. The number of hydrogen-bond donors (Lipinski definition) is 0. The Labute approximate surface area is 124 Å². The molecule has 1 fully saturated rings. The van der Waals surface area contributed by atoms with Crippen molar-refractivity contribution in [1.29, 1.82) is 0 Å². The highest BCUT2D eigenvalue weighted by Crippen LogP contribution is 2.43. The maximum Gasteiger partial charge on any atom is 0.573 e. The summed E-state index contributed by atoms with van der Waals surface area (Å²) in [5.41, 5.74) is 1.68. The van der Waals surface area contributed by atoms with Crippen LogP contribution < -0.4 is 4.74 Å². The number of allylic oxidation sites excluding steroid dienone is 1. The molecule has 0 aromatic heterocycles. The number of ether oxygens (including phenoxy) is 1. The second kappa shape index (κ2) is 5.55. The van der Waals surface area contributed by atoms with Crippen LogP contribution in [0, 0.1) is 5.82 Å². The number of rotatable bonds is 2. The second-order valence-corrected chi connectivity index (χ2v) is 6.86. The first kappa shape index (κ1) is 14.8. The van der Waals surface area contributed by atoms with Crippen molar-refractivity contribution in [1.82, 2.24) is 0 Å². The predicted molar refractivity (Wildman–Crippen MR) is 74.7 cm³/mol. The van der Waals surface area contributed by atoms with Crippen molar-refractivity contribution in [3.8, 4) is 5.75 Å². The molecule has 2 aliphatic rings. The molecule has 1 nitrogen and oxygen atoms in total. The van der Waals surface area contributed by atoms with E-state index in [0.717, 1.165) is 37.0 Å². The van der Waals surface area contributed by atoms with Crippen molar-refractivity contribution in [3.63, 3.8) is 0 Å². The van der Waals surface area contributed by atoms with Gasteiger partial charge in [-0.25, -0.2) is 4.39 Å². The Balaban J connectivity index is 1.83. The zero-order valence-electron chi connectivity index (χ0n) is 11.1. The van der Waals surface area contributed by atoms with E-state index in [0.29, 0.717) is 16.1 Å². The minimum atomic E-state index is -4.87. The standard InChI is InChI=1S/C15H14F4OS/c16-13-8-9(4-5-14(13)20-15(17,18)19)10-6-11-2-1-3-12(7-10)21-11/h4-6,8,11-12H,1-3,7H2. The molecule has 2 atom stereocenters. The molecule has 0 amide bonds. The molecule has 0 N–H and O–H groups in total. The van der Waals surface area contributed by atoms with E-state index in [4.69, 9.17) is 0 Å². The van der Waals surface area contributed by atoms with Gasteiger partial charge in [0.1, 0.15) is 0 Å². The van der Waals surface area contributed by atoms with Crippen LogP contribution in [0.1, 0.15) is 31.2 Å². The van der Waals surface area contributed by atoms with Crippen molar-refractivity contribution in [2.45, 2.75) is 42.5 Å². The molecule has 2 heterocycles. The van der Waals surface area contributed by atoms with E-state index in [1.807, 2.05) is 11.8 Å². The van der Waals surface area contributed by atoms with Crippen molar-refractivity contribution < 1.29 is 22.3 Å². The Morgan fingerprint density at radius 2 is 2.00 bits per heavy atom. The van der Waals surface area contributed by atoms with Crippen molar-refractivity contribution in [2.75, 3.05) is 0 Å². The maximum absolute atomic E-state index is 13.8. The van der Waals surface area contributed by atoms with Gasteiger partial charge < -0.3 is 4.74 Å². The van der Waals surface area contributed by atoms with Gasteiger partial charge in [-0.3, -0.25) is 0 Å². The quantitative estimate of drug-likeness (QED) is 0.696. The molecule has 0 spiro atoms. The predicted octanol–water partition coefficient (Wildman–Crippen LogP) is 5.17. The Hall–Kier alpha value is -1.17. The van der Waals surface area contributed by atoms with Crippen molar-refractivity contribution in [2.24, 2.45) is 0 Å². The van der Waals surface area contributed by atoms with Gasteiger partial charge in [-0.05, 0) is 42.5 Å².